The van der Waals surface area contributed by atoms with E-state index in [1.54, 1.807) is 12.1 Å². The highest BCUT2D eigenvalue weighted by molar-refractivity contribution is 5.57. The van der Waals surface area contributed by atoms with E-state index in [1.165, 1.54) is 0 Å². The van der Waals surface area contributed by atoms with Crippen LogP contribution in [0.15, 0.2) is 18.2 Å². The number of rotatable bonds is 4. The Bertz CT molecular complexity index is 452. The molecule has 1 heterocycles. The Labute approximate surface area is 121 Å². The molecule has 1 aliphatic rings. The Hall–Kier alpha value is -1.13. The van der Waals surface area contributed by atoms with Crippen LogP contribution in [0.2, 0.25) is 0 Å². The summed E-state index contributed by atoms with van der Waals surface area (Å²) in [5, 5.41) is 3.21. The van der Waals surface area contributed by atoms with Gasteiger partial charge in [0.1, 0.15) is 5.82 Å². The number of ether oxygens (including phenoxy) is 1. The third-order valence-corrected chi connectivity index (χ3v) is 4.14. The van der Waals surface area contributed by atoms with Crippen LogP contribution in [-0.2, 0) is 4.74 Å². The molecule has 1 aromatic carbocycles. The van der Waals surface area contributed by atoms with Crippen LogP contribution >= 0.6 is 0 Å². The van der Waals surface area contributed by atoms with Crippen molar-refractivity contribution in [1.29, 1.82) is 0 Å². The van der Waals surface area contributed by atoms with Crippen molar-refractivity contribution < 1.29 is 9.13 Å². The zero-order valence-corrected chi connectivity index (χ0v) is 12.8. The summed E-state index contributed by atoms with van der Waals surface area (Å²) >= 11 is 0. The number of halogens is 1. The number of anilines is 1. The Morgan fingerprint density at radius 1 is 1.50 bits per heavy atom. The molecule has 3 unspecified atom stereocenters. The molecule has 1 aliphatic heterocycles. The lowest BCUT2D eigenvalue weighted by Gasteiger charge is -2.41. The molecule has 3 nitrogen and oxygen atoms in total. The standard InChI is InChI=1S/C16H25FN2O/c1-5-13-10-20-11(2)9-19(13)16-14(12(3)18-4)7-6-8-15(16)17/h6-8,11-13,18H,5,9-10H2,1-4H3. The van der Waals surface area contributed by atoms with Crippen LogP contribution in [-0.4, -0.2) is 32.3 Å². The van der Waals surface area contributed by atoms with Gasteiger partial charge >= 0.3 is 0 Å². The van der Waals surface area contributed by atoms with Gasteiger partial charge in [0.15, 0.2) is 0 Å². The van der Waals surface area contributed by atoms with Crippen LogP contribution in [0, 0.1) is 5.82 Å². The monoisotopic (exact) mass is 280 g/mol. The third kappa shape index (κ3) is 2.96. The average Bonchev–Trinajstić information content (AvgIpc) is 2.46. The third-order valence-electron chi connectivity index (χ3n) is 4.14. The molecule has 0 saturated carbocycles. The fourth-order valence-corrected chi connectivity index (χ4v) is 2.80. The minimum Gasteiger partial charge on any atom is -0.375 e. The van der Waals surface area contributed by atoms with Gasteiger partial charge in [-0.05, 0) is 38.9 Å². The van der Waals surface area contributed by atoms with E-state index in [4.69, 9.17) is 4.74 Å². The number of benzene rings is 1. The largest absolute Gasteiger partial charge is 0.375 e. The highest BCUT2D eigenvalue weighted by atomic mass is 19.1. The molecule has 4 heteroatoms. The lowest BCUT2D eigenvalue weighted by molar-refractivity contribution is 0.0296. The Balaban J connectivity index is 2.43. The molecule has 0 spiro atoms. The van der Waals surface area contributed by atoms with E-state index in [-0.39, 0.29) is 24.0 Å². The van der Waals surface area contributed by atoms with E-state index in [9.17, 15) is 4.39 Å². The van der Waals surface area contributed by atoms with Crippen LogP contribution in [0.3, 0.4) is 0 Å². The predicted molar refractivity (Wildman–Crippen MR) is 80.7 cm³/mol. The van der Waals surface area contributed by atoms with Crippen LogP contribution in [0.5, 0.6) is 0 Å². The van der Waals surface area contributed by atoms with Crippen LogP contribution in [0.25, 0.3) is 0 Å². The molecule has 1 fully saturated rings. The molecule has 0 aromatic heterocycles. The second kappa shape index (κ2) is 6.55. The Kier molecular flexibility index (Phi) is 5.00. The van der Waals surface area contributed by atoms with Gasteiger partial charge in [-0.3, -0.25) is 0 Å². The number of hydrogen-bond acceptors (Lipinski definition) is 3. The first kappa shape index (κ1) is 15.3. The van der Waals surface area contributed by atoms with Gasteiger partial charge in [0.2, 0.25) is 0 Å². The van der Waals surface area contributed by atoms with Gasteiger partial charge in [0.25, 0.3) is 0 Å². The summed E-state index contributed by atoms with van der Waals surface area (Å²) in [5.41, 5.74) is 1.75. The minimum absolute atomic E-state index is 0.122. The summed E-state index contributed by atoms with van der Waals surface area (Å²) in [6.45, 7) is 7.63. The quantitative estimate of drug-likeness (QED) is 0.917. The lowest BCUT2D eigenvalue weighted by Crippen LogP contribution is -2.49. The molecule has 2 rings (SSSR count). The molecular formula is C16H25FN2O. The topological polar surface area (TPSA) is 24.5 Å². The maximum Gasteiger partial charge on any atom is 0.146 e. The maximum absolute atomic E-state index is 14.5. The summed E-state index contributed by atoms with van der Waals surface area (Å²) in [7, 11) is 1.90. The summed E-state index contributed by atoms with van der Waals surface area (Å²) in [4.78, 5) is 2.19. The molecule has 3 atom stereocenters. The van der Waals surface area contributed by atoms with E-state index < -0.39 is 0 Å². The summed E-state index contributed by atoms with van der Waals surface area (Å²) in [5.74, 6) is -0.142. The van der Waals surface area contributed by atoms with E-state index >= 15 is 0 Å². The number of nitrogens with one attached hydrogen (secondary N) is 1. The Morgan fingerprint density at radius 2 is 2.25 bits per heavy atom. The van der Waals surface area contributed by atoms with Crippen molar-refractivity contribution >= 4 is 5.69 Å². The van der Waals surface area contributed by atoms with Crippen molar-refractivity contribution in [1.82, 2.24) is 5.32 Å². The normalized spacial score (nSPS) is 24.8. The second-order valence-electron chi connectivity index (χ2n) is 5.55. The first-order valence-corrected chi connectivity index (χ1v) is 7.42. The van der Waals surface area contributed by atoms with Gasteiger partial charge in [-0.15, -0.1) is 0 Å². The minimum atomic E-state index is -0.142. The maximum atomic E-state index is 14.5. The highest BCUT2D eigenvalue weighted by Crippen LogP contribution is 2.33. The van der Waals surface area contributed by atoms with E-state index in [0.29, 0.717) is 6.61 Å². The molecule has 0 radical (unpaired) electrons. The van der Waals surface area contributed by atoms with Crippen LogP contribution < -0.4 is 10.2 Å². The van der Waals surface area contributed by atoms with Crippen LogP contribution in [0.4, 0.5) is 10.1 Å². The van der Waals surface area contributed by atoms with Gasteiger partial charge in [-0.2, -0.15) is 0 Å². The van der Waals surface area contributed by atoms with Gasteiger partial charge in [-0.25, -0.2) is 4.39 Å². The molecule has 0 bridgehead atoms. The predicted octanol–water partition coefficient (Wildman–Crippen LogP) is 3.11. The van der Waals surface area contributed by atoms with Gasteiger partial charge in [0, 0.05) is 12.6 Å². The van der Waals surface area contributed by atoms with Gasteiger partial charge in [0.05, 0.1) is 24.4 Å². The molecule has 0 aliphatic carbocycles. The SMILES string of the molecule is CCC1COC(C)CN1c1c(F)cccc1C(C)NC. The van der Waals surface area contributed by atoms with E-state index in [2.05, 4.69) is 24.1 Å². The molecular weight excluding hydrogens is 255 g/mol. The van der Waals surface area contributed by atoms with E-state index in [0.717, 1.165) is 24.2 Å². The zero-order chi connectivity index (χ0) is 14.7. The molecule has 1 aromatic rings. The average molecular weight is 280 g/mol. The summed E-state index contributed by atoms with van der Waals surface area (Å²) in [6.07, 6.45) is 1.09. The van der Waals surface area contributed by atoms with Crippen molar-refractivity contribution in [3.8, 4) is 0 Å². The fraction of sp³-hybridized carbons (Fsp3) is 0.625. The van der Waals surface area contributed by atoms with Crippen molar-refractivity contribution in [2.75, 3.05) is 25.1 Å². The van der Waals surface area contributed by atoms with Crippen molar-refractivity contribution in [3.05, 3.63) is 29.6 Å². The molecule has 0 amide bonds. The molecule has 1 N–H and O–H groups in total. The number of para-hydroxylation sites is 1. The second-order valence-corrected chi connectivity index (χ2v) is 5.55. The first-order valence-electron chi connectivity index (χ1n) is 7.42. The Morgan fingerprint density at radius 3 is 2.90 bits per heavy atom. The highest BCUT2D eigenvalue weighted by Gasteiger charge is 2.29. The smallest absolute Gasteiger partial charge is 0.146 e. The lowest BCUT2D eigenvalue weighted by atomic mass is 10.0. The summed E-state index contributed by atoms with van der Waals surface area (Å²) < 4.78 is 20.2. The van der Waals surface area contributed by atoms with Crippen molar-refractivity contribution in [2.45, 2.75) is 45.4 Å². The zero-order valence-electron chi connectivity index (χ0n) is 12.8. The van der Waals surface area contributed by atoms with Gasteiger partial charge < -0.3 is 15.0 Å². The molecule has 1 saturated heterocycles. The number of hydrogen-bond donors (Lipinski definition) is 1. The molecule has 20 heavy (non-hydrogen) atoms. The van der Waals surface area contributed by atoms with Crippen molar-refractivity contribution in [2.24, 2.45) is 0 Å². The van der Waals surface area contributed by atoms with Crippen LogP contribution in [0.1, 0.15) is 38.8 Å². The molecule has 112 valence electrons. The van der Waals surface area contributed by atoms with E-state index in [1.807, 2.05) is 20.0 Å². The number of nitrogens with zero attached hydrogens (tertiary/aromatic N) is 1. The van der Waals surface area contributed by atoms with Crippen molar-refractivity contribution in [3.63, 3.8) is 0 Å². The number of morpholine rings is 1. The fourth-order valence-electron chi connectivity index (χ4n) is 2.80. The first-order chi connectivity index (χ1) is 9.58. The summed E-state index contributed by atoms with van der Waals surface area (Å²) in [6, 6.07) is 5.70. The van der Waals surface area contributed by atoms with Gasteiger partial charge in [-0.1, -0.05) is 19.1 Å².